The van der Waals surface area contributed by atoms with Gasteiger partial charge in [-0.15, -0.1) is 11.6 Å². The van der Waals surface area contributed by atoms with Crippen molar-refractivity contribution in [1.82, 2.24) is 9.88 Å². The van der Waals surface area contributed by atoms with Gasteiger partial charge in [-0.2, -0.15) is 0 Å². The van der Waals surface area contributed by atoms with Crippen LogP contribution in [0.5, 0.6) is 0 Å². The average Bonchev–Trinajstić information content (AvgIpc) is 2.39. The smallest absolute Gasteiger partial charge is 0.272 e. The van der Waals surface area contributed by atoms with Crippen LogP contribution >= 0.6 is 11.6 Å². The molecule has 0 N–H and O–H groups in total. The van der Waals surface area contributed by atoms with Crippen LogP contribution in [0.3, 0.4) is 0 Å². The van der Waals surface area contributed by atoms with Crippen LogP contribution in [0, 0.1) is 5.82 Å². The van der Waals surface area contributed by atoms with Crippen molar-refractivity contribution in [3.63, 3.8) is 0 Å². The quantitative estimate of drug-likeness (QED) is 0.751. The first-order chi connectivity index (χ1) is 8.22. The summed E-state index contributed by atoms with van der Waals surface area (Å²) >= 11 is 5.78. The number of carbonyl (C=O) groups is 1. The number of hydrogen-bond donors (Lipinski definition) is 0. The van der Waals surface area contributed by atoms with E-state index in [1.165, 1.54) is 12.1 Å². The molecule has 1 saturated heterocycles. The van der Waals surface area contributed by atoms with Gasteiger partial charge in [-0.3, -0.25) is 4.79 Å². The molecule has 0 bridgehead atoms. The van der Waals surface area contributed by atoms with Crippen LogP contribution in [-0.2, 0) is 4.74 Å². The Morgan fingerprint density at radius 3 is 3.12 bits per heavy atom. The van der Waals surface area contributed by atoms with Gasteiger partial charge < -0.3 is 9.64 Å². The highest BCUT2D eigenvalue weighted by atomic mass is 35.5. The number of carbonyl (C=O) groups excluding carboxylic acids is 1. The van der Waals surface area contributed by atoms with E-state index in [9.17, 15) is 9.18 Å². The standard InChI is InChI=1S/C11H12ClFN2O2/c12-5-9-7-17-4-3-15(9)11(16)10-2-1-8(13)6-14-10/h1-2,6,9H,3-5,7H2. The molecular weight excluding hydrogens is 247 g/mol. The molecule has 6 heteroatoms. The highest BCUT2D eigenvalue weighted by Gasteiger charge is 2.27. The zero-order valence-electron chi connectivity index (χ0n) is 9.10. The van der Waals surface area contributed by atoms with Crippen LogP contribution in [0.2, 0.25) is 0 Å². The van der Waals surface area contributed by atoms with E-state index >= 15 is 0 Å². The molecule has 1 aliphatic rings. The fraction of sp³-hybridized carbons (Fsp3) is 0.455. The van der Waals surface area contributed by atoms with E-state index in [4.69, 9.17) is 16.3 Å². The number of pyridine rings is 1. The van der Waals surface area contributed by atoms with Crippen molar-refractivity contribution in [3.05, 3.63) is 29.8 Å². The summed E-state index contributed by atoms with van der Waals surface area (Å²) in [5.41, 5.74) is 0.225. The summed E-state index contributed by atoms with van der Waals surface area (Å²) in [6.45, 7) is 1.39. The second kappa shape index (κ2) is 5.42. The van der Waals surface area contributed by atoms with Crippen LogP contribution in [0.1, 0.15) is 10.5 Å². The minimum atomic E-state index is -0.461. The monoisotopic (exact) mass is 258 g/mol. The number of morpholine rings is 1. The zero-order chi connectivity index (χ0) is 12.3. The van der Waals surface area contributed by atoms with E-state index in [0.29, 0.717) is 25.6 Å². The topological polar surface area (TPSA) is 42.4 Å². The summed E-state index contributed by atoms with van der Waals surface area (Å²) in [5, 5.41) is 0. The molecule has 1 aromatic rings. The molecule has 1 fully saturated rings. The molecule has 92 valence electrons. The van der Waals surface area contributed by atoms with E-state index in [2.05, 4.69) is 4.98 Å². The van der Waals surface area contributed by atoms with Crippen molar-refractivity contribution in [1.29, 1.82) is 0 Å². The van der Waals surface area contributed by atoms with Crippen LogP contribution in [-0.4, -0.2) is 47.5 Å². The largest absolute Gasteiger partial charge is 0.377 e. The fourth-order valence-corrected chi connectivity index (χ4v) is 1.96. The van der Waals surface area contributed by atoms with E-state index in [-0.39, 0.29) is 17.6 Å². The van der Waals surface area contributed by atoms with Gasteiger partial charge in [-0.05, 0) is 12.1 Å². The van der Waals surface area contributed by atoms with Crippen molar-refractivity contribution in [2.24, 2.45) is 0 Å². The number of ether oxygens (including phenoxy) is 1. The molecular formula is C11H12ClFN2O2. The molecule has 0 aromatic carbocycles. The number of hydrogen-bond acceptors (Lipinski definition) is 3. The Morgan fingerprint density at radius 2 is 2.47 bits per heavy atom. The third-order valence-electron chi connectivity index (χ3n) is 2.61. The SMILES string of the molecule is O=C(c1ccc(F)cn1)N1CCOCC1CCl. The van der Waals surface area contributed by atoms with E-state index < -0.39 is 5.82 Å². The summed E-state index contributed by atoms with van der Waals surface area (Å²) in [5.74, 6) is -0.385. The van der Waals surface area contributed by atoms with E-state index in [0.717, 1.165) is 6.20 Å². The molecule has 2 heterocycles. The molecule has 0 spiro atoms. The van der Waals surface area contributed by atoms with Gasteiger partial charge in [0, 0.05) is 12.4 Å². The van der Waals surface area contributed by atoms with Crippen molar-refractivity contribution in [2.75, 3.05) is 25.6 Å². The first-order valence-corrected chi connectivity index (χ1v) is 5.82. The number of halogens is 2. The van der Waals surface area contributed by atoms with Gasteiger partial charge in [0.2, 0.25) is 0 Å². The second-order valence-corrected chi connectivity index (χ2v) is 4.05. The summed E-state index contributed by atoms with van der Waals surface area (Å²) in [6.07, 6.45) is 1.03. The number of alkyl halides is 1. The highest BCUT2D eigenvalue weighted by molar-refractivity contribution is 6.18. The lowest BCUT2D eigenvalue weighted by atomic mass is 10.2. The van der Waals surface area contributed by atoms with Gasteiger partial charge >= 0.3 is 0 Å². The molecule has 1 unspecified atom stereocenters. The molecule has 1 atom stereocenters. The maximum atomic E-state index is 12.7. The Bertz CT molecular complexity index is 399. The first-order valence-electron chi connectivity index (χ1n) is 5.28. The van der Waals surface area contributed by atoms with Gasteiger partial charge in [-0.1, -0.05) is 0 Å². The van der Waals surface area contributed by atoms with Crippen LogP contribution in [0.25, 0.3) is 0 Å². The molecule has 4 nitrogen and oxygen atoms in total. The Hall–Kier alpha value is -1.20. The summed E-state index contributed by atoms with van der Waals surface area (Å²) < 4.78 is 18.0. The Labute approximate surface area is 103 Å². The lowest BCUT2D eigenvalue weighted by Gasteiger charge is -2.34. The van der Waals surface area contributed by atoms with E-state index in [1.54, 1.807) is 4.90 Å². The van der Waals surface area contributed by atoms with Crippen molar-refractivity contribution < 1.29 is 13.9 Å². The normalized spacial score (nSPS) is 20.4. The predicted octanol–water partition coefficient (Wildman–Crippen LogP) is 1.30. The summed E-state index contributed by atoms with van der Waals surface area (Å²) in [7, 11) is 0. The molecule has 1 aliphatic heterocycles. The van der Waals surface area contributed by atoms with Crippen molar-refractivity contribution >= 4 is 17.5 Å². The first kappa shape index (κ1) is 12.3. The van der Waals surface area contributed by atoms with Gasteiger partial charge in [0.15, 0.2) is 0 Å². The highest BCUT2D eigenvalue weighted by Crippen LogP contribution is 2.12. The zero-order valence-corrected chi connectivity index (χ0v) is 9.86. The van der Waals surface area contributed by atoms with Gasteiger partial charge in [-0.25, -0.2) is 9.37 Å². The molecule has 0 aliphatic carbocycles. The molecule has 0 radical (unpaired) electrons. The van der Waals surface area contributed by atoms with Crippen LogP contribution < -0.4 is 0 Å². The molecule has 1 aromatic heterocycles. The van der Waals surface area contributed by atoms with Gasteiger partial charge in [0.05, 0.1) is 25.5 Å². The third-order valence-corrected chi connectivity index (χ3v) is 2.97. The Kier molecular flexibility index (Phi) is 3.91. The molecule has 1 amide bonds. The van der Waals surface area contributed by atoms with Gasteiger partial charge in [0.1, 0.15) is 11.5 Å². The van der Waals surface area contributed by atoms with Gasteiger partial charge in [0.25, 0.3) is 5.91 Å². The number of rotatable bonds is 2. The third kappa shape index (κ3) is 2.73. The lowest BCUT2D eigenvalue weighted by molar-refractivity contribution is 0.00423. The number of amides is 1. The van der Waals surface area contributed by atoms with Crippen molar-refractivity contribution in [3.8, 4) is 0 Å². The number of nitrogens with zero attached hydrogens (tertiary/aromatic N) is 2. The number of aromatic nitrogens is 1. The summed E-state index contributed by atoms with van der Waals surface area (Å²) in [4.78, 5) is 17.5. The Morgan fingerprint density at radius 1 is 1.65 bits per heavy atom. The van der Waals surface area contributed by atoms with Crippen LogP contribution in [0.4, 0.5) is 4.39 Å². The van der Waals surface area contributed by atoms with E-state index in [1.807, 2.05) is 0 Å². The minimum Gasteiger partial charge on any atom is -0.377 e. The second-order valence-electron chi connectivity index (χ2n) is 3.74. The Balaban J connectivity index is 2.15. The molecule has 0 saturated carbocycles. The maximum Gasteiger partial charge on any atom is 0.272 e. The molecule has 2 rings (SSSR count). The maximum absolute atomic E-state index is 12.7. The molecule has 17 heavy (non-hydrogen) atoms. The summed E-state index contributed by atoms with van der Waals surface area (Å²) in [6, 6.07) is 2.44. The van der Waals surface area contributed by atoms with Crippen LogP contribution in [0.15, 0.2) is 18.3 Å². The average molecular weight is 259 g/mol. The minimum absolute atomic E-state index is 0.148. The lowest BCUT2D eigenvalue weighted by Crippen LogP contribution is -2.49. The van der Waals surface area contributed by atoms with Crippen molar-refractivity contribution in [2.45, 2.75) is 6.04 Å². The predicted molar refractivity (Wildman–Crippen MR) is 60.6 cm³/mol. The fourth-order valence-electron chi connectivity index (χ4n) is 1.70.